The number of rotatable bonds is 3. The maximum Gasteiger partial charge on any atom is 0.320 e. The highest BCUT2D eigenvalue weighted by atomic mass is 32.2. The molecule has 1 fully saturated rings. The van der Waals surface area contributed by atoms with Crippen molar-refractivity contribution in [2.24, 2.45) is 0 Å². The summed E-state index contributed by atoms with van der Waals surface area (Å²) in [5.74, 6) is 0.366. The number of hydrogen-bond donors (Lipinski definition) is 2. The van der Waals surface area contributed by atoms with Crippen LogP contribution in [0, 0.1) is 0 Å². The molecule has 0 saturated carbocycles. The normalized spacial score (nSPS) is 24.5. The molecule has 0 amide bonds. The first-order valence-electron chi connectivity index (χ1n) is 5.28. The van der Waals surface area contributed by atoms with Gasteiger partial charge in [-0.3, -0.25) is 4.79 Å². The Labute approximate surface area is 98.5 Å². The van der Waals surface area contributed by atoms with Gasteiger partial charge in [0.2, 0.25) is 0 Å². The quantitative estimate of drug-likeness (QED) is 0.848. The van der Waals surface area contributed by atoms with Gasteiger partial charge in [-0.1, -0.05) is 12.1 Å². The van der Waals surface area contributed by atoms with Crippen molar-refractivity contribution in [3.63, 3.8) is 0 Å². The Morgan fingerprint density at radius 2 is 2.31 bits per heavy atom. The average molecular weight is 238 g/mol. The van der Waals surface area contributed by atoms with Crippen LogP contribution in [0.4, 0.5) is 0 Å². The van der Waals surface area contributed by atoms with E-state index < -0.39 is 10.7 Å². The highest BCUT2D eigenvalue weighted by Crippen LogP contribution is 2.41. The maximum absolute atomic E-state index is 11.3. The van der Waals surface area contributed by atoms with Crippen molar-refractivity contribution >= 4 is 17.7 Å². The summed E-state index contributed by atoms with van der Waals surface area (Å²) in [6.07, 6.45) is 2.15. The van der Waals surface area contributed by atoms with Gasteiger partial charge in [-0.2, -0.15) is 0 Å². The van der Waals surface area contributed by atoms with Crippen molar-refractivity contribution < 1.29 is 15.0 Å². The second-order valence-electron chi connectivity index (χ2n) is 4.10. The summed E-state index contributed by atoms with van der Waals surface area (Å²) in [6.45, 7) is 0. The van der Waals surface area contributed by atoms with Crippen molar-refractivity contribution in [1.82, 2.24) is 0 Å². The Hall–Kier alpha value is -1.16. The first kappa shape index (κ1) is 11.3. The van der Waals surface area contributed by atoms with Crippen LogP contribution in [0.5, 0.6) is 5.75 Å². The second kappa shape index (κ2) is 4.37. The van der Waals surface area contributed by atoms with Gasteiger partial charge in [0.1, 0.15) is 10.5 Å². The minimum atomic E-state index is -0.738. The third-order valence-corrected chi connectivity index (χ3v) is 4.46. The van der Waals surface area contributed by atoms with Gasteiger partial charge in [-0.25, -0.2) is 0 Å². The molecule has 1 unspecified atom stereocenters. The molecule has 0 aromatic heterocycles. The molecule has 2 rings (SSSR count). The molecule has 4 heteroatoms. The van der Waals surface area contributed by atoms with Crippen LogP contribution in [0.3, 0.4) is 0 Å². The summed E-state index contributed by atoms with van der Waals surface area (Å²) < 4.78 is -0.687. The lowest BCUT2D eigenvalue weighted by molar-refractivity contribution is -0.139. The van der Waals surface area contributed by atoms with Crippen LogP contribution in [0.1, 0.15) is 18.4 Å². The molecule has 0 bridgehead atoms. The van der Waals surface area contributed by atoms with E-state index in [1.54, 1.807) is 18.2 Å². The maximum atomic E-state index is 11.3. The van der Waals surface area contributed by atoms with Gasteiger partial charge in [-0.05, 0) is 42.7 Å². The zero-order chi connectivity index (χ0) is 11.6. The molecule has 1 saturated heterocycles. The van der Waals surface area contributed by atoms with Crippen LogP contribution in [-0.2, 0) is 11.2 Å². The first-order valence-corrected chi connectivity index (χ1v) is 6.26. The fourth-order valence-electron chi connectivity index (χ4n) is 2.08. The van der Waals surface area contributed by atoms with E-state index in [4.69, 9.17) is 0 Å². The number of carboxylic acid groups (broad SMARTS) is 1. The zero-order valence-corrected chi connectivity index (χ0v) is 9.67. The number of carboxylic acids is 1. The van der Waals surface area contributed by atoms with E-state index in [0.717, 1.165) is 17.7 Å². The third kappa shape index (κ3) is 2.16. The molecule has 1 aromatic rings. The van der Waals surface area contributed by atoms with Crippen LogP contribution in [0.2, 0.25) is 0 Å². The fraction of sp³-hybridized carbons (Fsp3) is 0.417. The van der Waals surface area contributed by atoms with E-state index in [1.165, 1.54) is 11.8 Å². The Kier molecular flexibility index (Phi) is 3.10. The number of phenolic OH excluding ortho intramolecular Hbond substituents is 1. The number of benzene rings is 1. The van der Waals surface area contributed by atoms with Crippen LogP contribution in [0.15, 0.2) is 24.3 Å². The monoisotopic (exact) mass is 238 g/mol. The number of aliphatic carboxylic acids is 1. The predicted octanol–water partition coefficient (Wildman–Crippen LogP) is 2.29. The topological polar surface area (TPSA) is 57.5 Å². The van der Waals surface area contributed by atoms with E-state index in [0.29, 0.717) is 12.8 Å². The Bertz CT molecular complexity index is 397. The Morgan fingerprint density at radius 1 is 1.50 bits per heavy atom. The molecule has 0 spiro atoms. The molecule has 2 N–H and O–H groups in total. The number of carbonyl (C=O) groups is 1. The molecule has 1 atom stereocenters. The summed E-state index contributed by atoms with van der Waals surface area (Å²) in [7, 11) is 0. The standard InChI is InChI=1S/C12H14O3S/c13-10-4-1-3-9(7-10)8-12(11(14)15)5-2-6-16-12/h1,3-4,7,13H,2,5-6,8H2,(H,14,15). The van der Waals surface area contributed by atoms with E-state index in [9.17, 15) is 15.0 Å². The van der Waals surface area contributed by atoms with Gasteiger partial charge < -0.3 is 10.2 Å². The molecular formula is C12H14O3S. The highest BCUT2D eigenvalue weighted by molar-refractivity contribution is 8.01. The second-order valence-corrected chi connectivity index (χ2v) is 5.58. The van der Waals surface area contributed by atoms with Crippen molar-refractivity contribution in [2.75, 3.05) is 5.75 Å². The van der Waals surface area contributed by atoms with Gasteiger partial charge in [0, 0.05) is 0 Å². The van der Waals surface area contributed by atoms with E-state index in [2.05, 4.69) is 0 Å². The third-order valence-electron chi connectivity index (χ3n) is 2.89. The lowest BCUT2D eigenvalue weighted by atomic mass is 9.94. The molecule has 0 radical (unpaired) electrons. The number of phenols is 1. The molecule has 0 aliphatic carbocycles. The number of aromatic hydroxyl groups is 1. The Balaban J connectivity index is 2.21. The summed E-state index contributed by atoms with van der Waals surface area (Å²) in [5.41, 5.74) is 0.886. The number of thioether (sulfide) groups is 1. The van der Waals surface area contributed by atoms with E-state index in [-0.39, 0.29) is 5.75 Å². The molecule has 1 aliphatic heterocycles. The average Bonchev–Trinajstić information content (AvgIpc) is 2.67. The van der Waals surface area contributed by atoms with Gasteiger partial charge in [0.25, 0.3) is 0 Å². The lowest BCUT2D eigenvalue weighted by Gasteiger charge is -2.22. The van der Waals surface area contributed by atoms with Gasteiger partial charge in [0.15, 0.2) is 0 Å². The van der Waals surface area contributed by atoms with Gasteiger partial charge in [0.05, 0.1) is 0 Å². The van der Waals surface area contributed by atoms with Gasteiger partial charge in [-0.15, -0.1) is 11.8 Å². The summed E-state index contributed by atoms with van der Waals surface area (Å²) in [6, 6.07) is 6.85. The largest absolute Gasteiger partial charge is 0.508 e. The molecular weight excluding hydrogens is 224 g/mol. The van der Waals surface area contributed by atoms with Crippen molar-refractivity contribution in [1.29, 1.82) is 0 Å². The SMILES string of the molecule is O=C(O)C1(Cc2cccc(O)c2)CCCS1. The van der Waals surface area contributed by atoms with Crippen LogP contribution in [0.25, 0.3) is 0 Å². The first-order chi connectivity index (χ1) is 7.62. The summed E-state index contributed by atoms with van der Waals surface area (Å²) in [4.78, 5) is 11.3. The van der Waals surface area contributed by atoms with Gasteiger partial charge >= 0.3 is 5.97 Å². The van der Waals surface area contributed by atoms with Crippen LogP contribution in [-0.4, -0.2) is 26.7 Å². The molecule has 1 aliphatic rings. The van der Waals surface area contributed by atoms with Crippen LogP contribution < -0.4 is 0 Å². The smallest absolute Gasteiger partial charge is 0.320 e. The molecule has 1 aromatic carbocycles. The molecule has 86 valence electrons. The predicted molar refractivity (Wildman–Crippen MR) is 63.9 cm³/mol. The van der Waals surface area contributed by atoms with Crippen LogP contribution >= 0.6 is 11.8 Å². The van der Waals surface area contributed by atoms with E-state index in [1.807, 2.05) is 6.07 Å². The highest BCUT2D eigenvalue weighted by Gasteiger charge is 2.42. The minimum Gasteiger partial charge on any atom is -0.508 e. The van der Waals surface area contributed by atoms with Crippen molar-refractivity contribution in [3.8, 4) is 5.75 Å². The molecule has 3 nitrogen and oxygen atoms in total. The Morgan fingerprint density at radius 3 is 2.88 bits per heavy atom. The van der Waals surface area contributed by atoms with Crippen molar-refractivity contribution in [2.45, 2.75) is 24.0 Å². The fourth-order valence-corrected chi connectivity index (χ4v) is 3.44. The number of hydrogen-bond acceptors (Lipinski definition) is 3. The lowest BCUT2D eigenvalue weighted by Crippen LogP contribution is -2.34. The molecule has 16 heavy (non-hydrogen) atoms. The zero-order valence-electron chi connectivity index (χ0n) is 8.85. The minimum absolute atomic E-state index is 0.195. The van der Waals surface area contributed by atoms with Crippen molar-refractivity contribution in [3.05, 3.63) is 29.8 Å². The summed E-state index contributed by atoms with van der Waals surface area (Å²) >= 11 is 1.52. The molecule has 1 heterocycles. The van der Waals surface area contributed by atoms with E-state index >= 15 is 0 Å². The summed E-state index contributed by atoms with van der Waals surface area (Å²) in [5, 5.41) is 18.7.